The first-order chi connectivity index (χ1) is 14.6. The number of benzene rings is 2. The van der Waals surface area contributed by atoms with E-state index in [9.17, 15) is 9.18 Å². The number of para-hydroxylation sites is 2. The lowest BCUT2D eigenvalue weighted by Crippen LogP contribution is -2.24. The van der Waals surface area contributed by atoms with Gasteiger partial charge >= 0.3 is 0 Å². The summed E-state index contributed by atoms with van der Waals surface area (Å²) in [6, 6.07) is 13.1. The molecule has 0 aliphatic heterocycles. The summed E-state index contributed by atoms with van der Waals surface area (Å²) in [5.41, 5.74) is 7.19. The highest BCUT2D eigenvalue weighted by atomic mass is 32.2. The van der Waals surface area contributed by atoms with Crippen molar-refractivity contribution < 1.29 is 4.39 Å². The molecule has 3 heterocycles. The van der Waals surface area contributed by atoms with Crippen molar-refractivity contribution in [2.24, 2.45) is 0 Å². The number of hydrogen-bond acceptors (Lipinski definition) is 7. The van der Waals surface area contributed by atoms with E-state index in [1.54, 1.807) is 42.5 Å². The number of nitrogen functional groups attached to an aromatic ring is 1. The van der Waals surface area contributed by atoms with E-state index in [0.717, 1.165) is 0 Å². The molecule has 30 heavy (non-hydrogen) atoms. The van der Waals surface area contributed by atoms with E-state index in [1.165, 1.54) is 28.7 Å². The minimum Gasteiger partial charge on any atom is -0.382 e. The minimum atomic E-state index is -0.505. The lowest BCUT2D eigenvalue weighted by molar-refractivity contribution is 0.613. The van der Waals surface area contributed by atoms with E-state index >= 15 is 0 Å². The number of halogens is 1. The SMILES string of the molecule is Nc1ncnc2nc(SCc3nc4ccccc4c(=O)n3-c3ccccc3F)[nH]c12. The van der Waals surface area contributed by atoms with Crippen LogP contribution in [0.25, 0.3) is 27.8 Å². The zero-order valence-corrected chi connectivity index (χ0v) is 16.2. The second kappa shape index (κ2) is 7.23. The number of nitrogens with zero attached hydrogens (tertiary/aromatic N) is 5. The number of hydrogen-bond donors (Lipinski definition) is 2. The molecule has 0 amide bonds. The molecule has 2 aromatic carbocycles. The molecule has 10 heteroatoms. The van der Waals surface area contributed by atoms with Crippen LogP contribution in [-0.2, 0) is 5.75 Å². The molecule has 0 aliphatic rings. The van der Waals surface area contributed by atoms with Crippen LogP contribution < -0.4 is 11.3 Å². The molecule has 5 aromatic rings. The predicted octanol–water partition coefficient (Wildman–Crippen LogP) is 3.07. The van der Waals surface area contributed by atoms with Crippen LogP contribution in [0.2, 0.25) is 0 Å². The van der Waals surface area contributed by atoms with Gasteiger partial charge in [0.05, 0.1) is 22.3 Å². The van der Waals surface area contributed by atoms with E-state index < -0.39 is 5.82 Å². The van der Waals surface area contributed by atoms with Gasteiger partial charge in [-0.25, -0.2) is 24.3 Å². The molecule has 0 spiro atoms. The van der Waals surface area contributed by atoms with Crippen molar-refractivity contribution in [3.8, 4) is 5.69 Å². The van der Waals surface area contributed by atoms with Crippen molar-refractivity contribution in [2.75, 3.05) is 5.73 Å². The number of imidazole rings is 1. The summed E-state index contributed by atoms with van der Waals surface area (Å²) < 4.78 is 15.8. The molecule has 0 radical (unpaired) electrons. The number of thioether (sulfide) groups is 1. The molecule has 148 valence electrons. The summed E-state index contributed by atoms with van der Waals surface area (Å²) in [7, 11) is 0. The van der Waals surface area contributed by atoms with Crippen molar-refractivity contribution in [3.63, 3.8) is 0 Å². The highest BCUT2D eigenvalue weighted by Gasteiger charge is 2.16. The Bertz CT molecular complexity index is 1460. The number of H-pyrrole nitrogens is 1. The Balaban J connectivity index is 1.62. The largest absolute Gasteiger partial charge is 0.382 e. The lowest BCUT2D eigenvalue weighted by Gasteiger charge is -2.13. The van der Waals surface area contributed by atoms with Gasteiger partial charge in [-0.1, -0.05) is 36.0 Å². The molecular weight excluding hydrogens is 405 g/mol. The normalized spacial score (nSPS) is 11.4. The molecule has 0 aliphatic carbocycles. The summed E-state index contributed by atoms with van der Waals surface area (Å²) in [6.45, 7) is 0. The topological polar surface area (TPSA) is 115 Å². The van der Waals surface area contributed by atoms with E-state index in [0.29, 0.717) is 38.9 Å². The monoisotopic (exact) mass is 419 g/mol. The van der Waals surface area contributed by atoms with Crippen molar-refractivity contribution in [3.05, 3.63) is 76.9 Å². The maximum atomic E-state index is 14.5. The van der Waals surface area contributed by atoms with Crippen molar-refractivity contribution in [1.82, 2.24) is 29.5 Å². The third kappa shape index (κ3) is 3.07. The average molecular weight is 419 g/mol. The van der Waals surface area contributed by atoms with Crippen molar-refractivity contribution >= 4 is 39.6 Å². The molecular formula is C20H14FN7OS. The second-order valence-electron chi connectivity index (χ2n) is 6.43. The summed E-state index contributed by atoms with van der Waals surface area (Å²) >= 11 is 1.31. The smallest absolute Gasteiger partial charge is 0.266 e. The Morgan fingerprint density at radius 1 is 1.07 bits per heavy atom. The van der Waals surface area contributed by atoms with Gasteiger partial charge in [-0.15, -0.1) is 0 Å². The Kier molecular flexibility index (Phi) is 4.40. The van der Waals surface area contributed by atoms with Gasteiger partial charge in [0, 0.05) is 0 Å². The van der Waals surface area contributed by atoms with Gasteiger partial charge in [0.1, 0.15) is 23.5 Å². The van der Waals surface area contributed by atoms with E-state index in [1.807, 2.05) is 0 Å². The maximum Gasteiger partial charge on any atom is 0.266 e. The summed E-state index contributed by atoms with van der Waals surface area (Å²) in [4.78, 5) is 33.3. The van der Waals surface area contributed by atoms with Crippen LogP contribution in [-0.4, -0.2) is 29.5 Å². The highest BCUT2D eigenvalue weighted by Crippen LogP contribution is 2.25. The Hall–Kier alpha value is -3.79. The minimum absolute atomic E-state index is 0.149. The number of nitrogens with two attached hydrogens (primary N) is 1. The molecule has 0 unspecified atom stereocenters. The highest BCUT2D eigenvalue weighted by molar-refractivity contribution is 7.98. The first-order valence-electron chi connectivity index (χ1n) is 8.96. The van der Waals surface area contributed by atoms with Crippen molar-refractivity contribution in [1.29, 1.82) is 0 Å². The molecule has 0 fully saturated rings. The van der Waals surface area contributed by atoms with Crippen LogP contribution >= 0.6 is 11.8 Å². The average Bonchev–Trinajstić information content (AvgIpc) is 3.18. The second-order valence-corrected chi connectivity index (χ2v) is 7.39. The third-order valence-electron chi connectivity index (χ3n) is 4.57. The van der Waals surface area contributed by atoms with Gasteiger partial charge < -0.3 is 10.7 Å². The van der Waals surface area contributed by atoms with Crippen LogP contribution in [0.3, 0.4) is 0 Å². The molecule has 5 rings (SSSR count). The number of anilines is 1. The molecule has 3 aromatic heterocycles. The lowest BCUT2D eigenvalue weighted by atomic mass is 10.2. The van der Waals surface area contributed by atoms with Gasteiger partial charge in [0.15, 0.2) is 16.6 Å². The van der Waals surface area contributed by atoms with Crippen LogP contribution in [0.4, 0.5) is 10.2 Å². The van der Waals surface area contributed by atoms with Gasteiger partial charge in [0.25, 0.3) is 5.56 Å². The van der Waals surface area contributed by atoms with Gasteiger partial charge in [-0.05, 0) is 24.3 Å². The van der Waals surface area contributed by atoms with Crippen LogP contribution in [0.15, 0.2) is 64.8 Å². The quantitative estimate of drug-likeness (QED) is 0.430. The van der Waals surface area contributed by atoms with Crippen LogP contribution in [0.1, 0.15) is 5.82 Å². The molecule has 0 bridgehead atoms. The van der Waals surface area contributed by atoms with Crippen molar-refractivity contribution in [2.45, 2.75) is 10.9 Å². The van der Waals surface area contributed by atoms with Gasteiger partial charge in [0.2, 0.25) is 0 Å². The summed E-state index contributed by atoms with van der Waals surface area (Å²) in [5, 5.41) is 0.959. The molecule has 0 saturated carbocycles. The third-order valence-corrected chi connectivity index (χ3v) is 5.44. The Morgan fingerprint density at radius 2 is 1.87 bits per heavy atom. The molecule has 0 atom stereocenters. The molecule has 8 nitrogen and oxygen atoms in total. The van der Waals surface area contributed by atoms with E-state index in [2.05, 4.69) is 24.9 Å². The fourth-order valence-corrected chi connectivity index (χ4v) is 3.97. The fourth-order valence-electron chi connectivity index (χ4n) is 3.18. The van der Waals surface area contributed by atoms with E-state index in [-0.39, 0.29) is 17.0 Å². The maximum absolute atomic E-state index is 14.5. The Morgan fingerprint density at radius 3 is 2.70 bits per heavy atom. The fraction of sp³-hybridized carbons (Fsp3) is 0.0500. The number of rotatable bonds is 4. The van der Waals surface area contributed by atoms with Crippen LogP contribution in [0, 0.1) is 5.82 Å². The first kappa shape index (κ1) is 18.3. The van der Waals surface area contributed by atoms with E-state index in [4.69, 9.17) is 5.73 Å². The van der Waals surface area contributed by atoms with Gasteiger partial charge in [-0.2, -0.15) is 0 Å². The Labute approximate surface area is 173 Å². The standard InChI is InChI=1S/C20H14FN7OS/c21-12-6-2-4-8-14(12)28-15(25-13-7-3-1-5-11(13)19(28)29)9-30-20-26-16-17(22)23-10-24-18(16)27-20/h1-8,10H,9H2,(H3,22,23,24,26,27). The zero-order chi connectivity index (χ0) is 20.7. The number of nitrogens with one attached hydrogen (secondary N) is 1. The predicted molar refractivity (Wildman–Crippen MR) is 113 cm³/mol. The number of fused-ring (bicyclic) bond motifs is 2. The van der Waals surface area contributed by atoms with Gasteiger partial charge in [-0.3, -0.25) is 9.36 Å². The molecule has 0 saturated heterocycles. The number of aromatic nitrogens is 6. The molecule has 3 N–H and O–H groups in total. The summed E-state index contributed by atoms with van der Waals surface area (Å²) in [6.07, 6.45) is 1.34. The van der Waals surface area contributed by atoms with Crippen LogP contribution in [0.5, 0.6) is 0 Å². The first-order valence-corrected chi connectivity index (χ1v) is 9.95. The summed E-state index contributed by atoms with van der Waals surface area (Å²) in [5.74, 6) is 0.455. The zero-order valence-electron chi connectivity index (χ0n) is 15.4. The number of aromatic amines is 1.